The highest BCUT2D eigenvalue weighted by atomic mass is 16.2. The number of fused-ring (bicyclic) bond motifs is 1. The maximum atomic E-state index is 11.9. The number of aromatic nitrogens is 3. The van der Waals surface area contributed by atoms with E-state index >= 15 is 0 Å². The molecule has 0 radical (unpaired) electrons. The van der Waals surface area contributed by atoms with E-state index in [1.807, 2.05) is 30.5 Å². The Hall–Kier alpha value is -3.61. The SMILES string of the molecule is C=C1CC(Nc2nccc(-c3c[nH]c4c(/C=C/C(=O)N(C)C)cccc34)n2)CC(C)(C)N1. The second kappa shape index (κ2) is 8.49. The van der Waals surface area contributed by atoms with Crippen molar-refractivity contribution in [3.05, 3.63) is 60.6 Å². The van der Waals surface area contributed by atoms with Crippen LogP contribution in [0.2, 0.25) is 0 Å². The second-order valence-electron chi connectivity index (χ2n) is 9.17. The van der Waals surface area contributed by atoms with Gasteiger partial charge in [0.1, 0.15) is 0 Å². The molecule has 1 saturated heterocycles. The van der Waals surface area contributed by atoms with Crippen molar-refractivity contribution in [1.29, 1.82) is 0 Å². The lowest BCUT2D eigenvalue weighted by molar-refractivity contribution is -0.123. The van der Waals surface area contributed by atoms with Crippen molar-refractivity contribution in [2.45, 2.75) is 38.3 Å². The summed E-state index contributed by atoms with van der Waals surface area (Å²) in [6, 6.07) is 8.17. The van der Waals surface area contributed by atoms with Crippen LogP contribution in [0.5, 0.6) is 0 Å². The molecule has 1 fully saturated rings. The zero-order chi connectivity index (χ0) is 22.9. The summed E-state index contributed by atoms with van der Waals surface area (Å²) in [6.07, 6.45) is 8.95. The number of H-pyrrole nitrogens is 1. The predicted octanol–water partition coefficient (Wildman–Crippen LogP) is 4.18. The molecule has 7 nitrogen and oxygen atoms in total. The minimum Gasteiger partial charge on any atom is -0.384 e. The molecule has 1 aliphatic rings. The van der Waals surface area contributed by atoms with E-state index in [0.29, 0.717) is 5.95 Å². The third-order valence-electron chi connectivity index (χ3n) is 5.62. The summed E-state index contributed by atoms with van der Waals surface area (Å²) in [5.74, 6) is 0.559. The van der Waals surface area contributed by atoms with E-state index in [1.165, 1.54) is 0 Å². The van der Waals surface area contributed by atoms with Crippen molar-refractivity contribution in [2.24, 2.45) is 0 Å². The van der Waals surface area contributed by atoms with Gasteiger partial charge in [0.05, 0.1) is 11.2 Å². The van der Waals surface area contributed by atoms with Gasteiger partial charge < -0.3 is 20.5 Å². The van der Waals surface area contributed by atoms with Crippen molar-refractivity contribution in [3.8, 4) is 11.3 Å². The molecule has 1 aliphatic heterocycles. The average molecular weight is 431 g/mol. The first kappa shape index (κ1) is 21.6. The van der Waals surface area contributed by atoms with E-state index in [4.69, 9.17) is 4.98 Å². The number of hydrogen-bond acceptors (Lipinski definition) is 5. The summed E-state index contributed by atoms with van der Waals surface area (Å²) in [7, 11) is 3.48. The molecule has 0 aliphatic carbocycles. The maximum Gasteiger partial charge on any atom is 0.246 e. The molecule has 7 heteroatoms. The number of aromatic amines is 1. The third-order valence-corrected chi connectivity index (χ3v) is 5.62. The number of piperidine rings is 1. The molecular formula is C25H30N6O. The Morgan fingerprint density at radius 2 is 2.12 bits per heavy atom. The number of para-hydroxylation sites is 1. The van der Waals surface area contributed by atoms with E-state index in [0.717, 1.165) is 46.3 Å². The van der Waals surface area contributed by atoms with Gasteiger partial charge in [-0.25, -0.2) is 9.97 Å². The summed E-state index contributed by atoms with van der Waals surface area (Å²) in [5.41, 5.74) is 4.77. The summed E-state index contributed by atoms with van der Waals surface area (Å²) in [5, 5.41) is 7.98. The van der Waals surface area contributed by atoms with Crippen LogP contribution in [-0.2, 0) is 4.79 Å². The highest BCUT2D eigenvalue weighted by Crippen LogP contribution is 2.31. The first-order chi connectivity index (χ1) is 15.2. The lowest BCUT2D eigenvalue weighted by atomic mass is 9.88. The van der Waals surface area contributed by atoms with E-state index in [1.54, 1.807) is 31.3 Å². The van der Waals surface area contributed by atoms with Gasteiger partial charge in [0.15, 0.2) is 0 Å². The number of amides is 1. The van der Waals surface area contributed by atoms with Gasteiger partial charge in [-0.3, -0.25) is 4.79 Å². The fraction of sp³-hybridized carbons (Fsp3) is 0.320. The Labute approximate surface area is 188 Å². The van der Waals surface area contributed by atoms with Gasteiger partial charge in [0.25, 0.3) is 0 Å². The second-order valence-corrected chi connectivity index (χ2v) is 9.17. The summed E-state index contributed by atoms with van der Waals surface area (Å²) >= 11 is 0. The standard InChI is InChI=1S/C25H30N6O/c1-16-13-18(14-25(2,3)30-16)28-24-26-12-11-21(29-24)20-15-27-23-17(7-6-8-19(20)23)9-10-22(32)31(4)5/h6-12,15,18,27,30H,1,13-14H2,2-5H3,(H,26,28,29)/b10-9+. The van der Waals surface area contributed by atoms with Crippen LogP contribution >= 0.6 is 0 Å². The van der Waals surface area contributed by atoms with Gasteiger partial charge in [-0.15, -0.1) is 0 Å². The van der Waals surface area contributed by atoms with E-state index in [2.05, 4.69) is 47.1 Å². The van der Waals surface area contributed by atoms with Crippen molar-refractivity contribution in [2.75, 3.05) is 19.4 Å². The molecule has 1 aromatic carbocycles. The van der Waals surface area contributed by atoms with Crippen molar-refractivity contribution >= 4 is 28.8 Å². The molecule has 166 valence electrons. The fourth-order valence-electron chi connectivity index (χ4n) is 4.27. The number of rotatable bonds is 5. The van der Waals surface area contributed by atoms with Crippen LogP contribution in [0.1, 0.15) is 32.3 Å². The Bertz CT molecular complexity index is 1190. The molecule has 0 saturated carbocycles. The largest absolute Gasteiger partial charge is 0.384 e. The van der Waals surface area contributed by atoms with Crippen LogP contribution in [0.25, 0.3) is 28.2 Å². The predicted molar refractivity (Wildman–Crippen MR) is 130 cm³/mol. The quantitative estimate of drug-likeness (QED) is 0.529. The minimum absolute atomic E-state index is 0.0145. The van der Waals surface area contributed by atoms with Crippen LogP contribution in [0.3, 0.4) is 0 Å². The van der Waals surface area contributed by atoms with Gasteiger partial charge in [0.2, 0.25) is 11.9 Å². The van der Waals surface area contributed by atoms with Gasteiger partial charge >= 0.3 is 0 Å². The van der Waals surface area contributed by atoms with E-state index in [9.17, 15) is 4.79 Å². The van der Waals surface area contributed by atoms with Crippen LogP contribution in [0.4, 0.5) is 5.95 Å². The smallest absolute Gasteiger partial charge is 0.246 e. The number of benzene rings is 1. The Morgan fingerprint density at radius 3 is 2.88 bits per heavy atom. The Morgan fingerprint density at radius 1 is 1.31 bits per heavy atom. The molecule has 1 unspecified atom stereocenters. The van der Waals surface area contributed by atoms with Gasteiger partial charge in [0, 0.05) is 67.2 Å². The molecule has 1 atom stereocenters. The molecule has 2 aromatic heterocycles. The van der Waals surface area contributed by atoms with Gasteiger partial charge in [-0.1, -0.05) is 24.8 Å². The molecule has 1 amide bonds. The van der Waals surface area contributed by atoms with Crippen LogP contribution < -0.4 is 10.6 Å². The number of carbonyl (C=O) groups excluding carboxylic acids is 1. The molecule has 3 N–H and O–H groups in total. The summed E-state index contributed by atoms with van der Waals surface area (Å²) in [6.45, 7) is 8.46. The molecule has 32 heavy (non-hydrogen) atoms. The number of anilines is 1. The van der Waals surface area contributed by atoms with E-state index in [-0.39, 0.29) is 17.5 Å². The van der Waals surface area contributed by atoms with Gasteiger partial charge in [-0.05, 0) is 38.0 Å². The maximum absolute atomic E-state index is 11.9. The number of nitrogens with zero attached hydrogens (tertiary/aromatic N) is 3. The van der Waals surface area contributed by atoms with Gasteiger partial charge in [-0.2, -0.15) is 0 Å². The number of likely N-dealkylation sites (N-methyl/N-ethyl adjacent to an activating group) is 1. The first-order valence-corrected chi connectivity index (χ1v) is 10.8. The highest BCUT2D eigenvalue weighted by Gasteiger charge is 2.29. The number of nitrogens with one attached hydrogen (secondary N) is 3. The molecule has 4 rings (SSSR count). The zero-order valence-corrected chi connectivity index (χ0v) is 19.1. The average Bonchev–Trinajstić information content (AvgIpc) is 3.15. The van der Waals surface area contributed by atoms with E-state index < -0.39 is 0 Å². The van der Waals surface area contributed by atoms with Crippen LogP contribution in [-0.4, -0.2) is 51.4 Å². The molecular weight excluding hydrogens is 400 g/mol. The topological polar surface area (TPSA) is 85.9 Å². The molecule has 0 bridgehead atoms. The molecule has 3 heterocycles. The Balaban J connectivity index is 1.61. The highest BCUT2D eigenvalue weighted by molar-refractivity contribution is 6.00. The zero-order valence-electron chi connectivity index (χ0n) is 19.1. The number of carbonyl (C=O) groups is 1. The molecule has 0 spiro atoms. The van der Waals surface area contributed by atoms with Crippen LogP contribution in [0, 0.1) is 0 Å². The van der Waals surface area contributed by atoms with Crippen molar-refractivity contribution < 1.29 is 4.79 Å². The lowest BCUT2D eigenvalue weighted by Crippen LogP contribution is -2.48. The lowest BCUT2D eigenvalue weighted by Gasteiger charge is -2.38. The molecule has 3 aromatic rings. The number of hydrogen-bond donors (Lipinski definition) is 3. The normalized spacial score (nSPS) is 18.0. The first-order valence-electron chi connectivity index (χ1n) is 10.8. The fourth-order valence-corrected chi connectivity index (χ4v) is 4.27. The van der Waals surface area contributed by atoms with Crippen molar-refractivity contribution in [1.82, 2.24) is 25.2 Å². The monoisotopic (exact) mass is 430 g/mol. The Kier molecular flexibility index (Phi) is 5.74. The van der Waals surface area contributed by atoms with Crippen LogP contribution in [0.15, 0.2) is 55.0 Å². The summed E-state index contributed by atoms with van der Waals surface area (Å²) in [4.78, 5) is 26.1. The summed E-state index contributed by atoms with van der Waals surface area (Å²) < 4.78 is 0. The van der Waals surface area contributed by atoms with Crippen molar-refractivity contribution in [3.63, 3.8) is 0 Å². The minimum atomic E-state index is -0.0518. The third kappa shape index (κ3) is 4.66.